The number of aromatic nitrogens is 2. The number of carboxylic acid groups (broad SMARTS) is 1. The fraction of sp³-hybridized carbons (Fsp3) is 0.643. The van der Waals surface area contributed by atoms with Crippen LogP contribution in [0.4, 0.5) is 4.79 Å². The summed E-state index contributed by atoms with van der Waals surface area (Å²) in [6, 6.07) is 1.53. The molecule has 2 rings (SSSR count). The molecule has 0 aromatic carbocycles. The Morgan fingerprint density at radius 1 is 1.32 bits per heavy atom. The third-order valence-electron chi connectivity index (χ3n) is 3.27. The Labute approximate surface area is 129 Å². The third-order valence-corrected chi connectivity index (χ3v) is 3.27. The molecule has 2 N–H and O–H groups in total. The largest absolute Gasteiger partial charge is 0.476 e. The lowest BCUT2D eigenvalue weighted by Crippen LogP contribution is -2.49. The summed E-state index contributed by atoms with van der Waals surface area (Å²) in [5.74, 6) is -1.04. The number of carbonyl (C=O) groups is 2. The zero-order chi connectivity index (χ0) is 16.3. The van der Waals surface area contributed by atoms with Crippen molar-refractivity contribution in [2.24, 2.45) is 0 Å². The van der Waals surface area contributed by atoms with Crippen LogP contribution in [0.25, 0.3) is 0 Å². The summed E-state index contributed by atoms with van der Waals surface area (Å²) in [4.78, 5) is 26.6. The molecule has 8 heteroatoms. The Morgan fingerprint density at radius 3 is 2.45 bits per heavy atom. The van der Waals surface area contributed by atoms with E-state index in [0.717, 1.165) is 5.69 Å². The average molecular weight is 310 g/mol. The van der Waals surface area contributed by atoms with Gasteiger partial charge in [-0.3, -0.25) is 10.00 Å². The van der Waals surface area contributed by atoms with E-state index in [0.29, 0.717) is 32.7 Å². The van der Waals surface area contributed by atoms with Gasteiger partial charge in [-0.2, -0.15) is 5.10 Å². The summed E-state index contributed by atoms with van der Waals surface area (Å²) < 4.78 is 5.35. The molecular formula is C14H22N4O4. The van der Waals surface area contributed by atoms with Crippen LogP contribution in [0.5, 0.6) is 0 Å². The van der Waals surface area contributed by atoms with E-state index in [2.05, 4.69) is 15.1 Å². The lowest BCUT2D eigenvalue weighted by Gasteiger charge is -2.35. The molecule has 1 aliphatic heterocycles. The van der Waals surface area contributed by atoms with Crippen LogP contribution in [0.3, 0.4) is 0 Å². The molecule has 1 aromatic rings. The SMILES string of the molecule is CC(C)(C)OC(=O)N1CCN(Cc2cc(C(=O)O)n[nH]2)CC1. The molecule has 0 unspecified atom stereocenters. The van der Waals surface area contributed by atoms with E-state index < -0.39 is 11.6 Å². The summed E-state index contributed by atoms with van der Waals surface area (Å²) >= 11 is 0. The topological polar surface area (TPSA) is 98.8 Å². The van der Waals surface area contributed by atoms with Crippen molar-refractivity contribution in [3.05, 3.63) is 17.5 Å². The minimum absolute atomic E-state index is 0.0161. The number of nitrogens with zero attached hydrogens (tertiary/aromatic N) is 3. The number of carboxylic acids is 1. The van der Waals surface area contributed by atoms with Crippen molar-refractivity contribution in [3.63, 3.8) is 0 Å². The number of piperazine rings is 1. The van der Waals surface area contributed by atoms with Crippen LogP contribution < -0.4 is 0 Å². The van der Waals surface area contributed by atoms with Crippen molar-refractivity contribution >= 4 is 12.1 Å². The summed E-state index contributed by atoms with van der Waals surface area (Å²) in [6.07, 6.45) is -0.290. The van der Waals surface area contributed by atoms with Gasteiger partial charge in [-0.1, -0.05) is 0 Å². The molecule has 22 heavy (non-hydrogen) atoms. The Hall–Kier alpha value is -2.09. The van der Waals surface area contributed by atoms with Gasteiger partial charge in [0.2, 0.25) is 0 Å². The monoisotopic (exact) mass is 310 g/mol. The molecule has 8 nitrogen and oxygen atoms in total. The number of aromatic amines is 1. The van der Waals surface area contributed by atoms with E-state index in [1.54, 1.807) is 4.90 Å². The molecule has 1 aliphatic rings. The van der Waals surface area contributed by atoms with Crippen LogP contribution in [-0.4, -0.2) is 68.9 Å². The lowest BCUT2D eigenvalue weighted by atomic mass is 10.2. The molecular weight excluding hydrogens is 288 g/mol. The van der Waals surface area contributed by atoms with Gasteiger partial charge in [0.15, 0.2) is 5.69 Å². The smallest absolute Gasteiger partial charge is 0.410 e. The summed E-state index contributed by atoms with van der Waals surface area (Å²) in [7, 11) is 0. The number of amides is 1. The summed E-state index contributed by atoms with van der Waals surface area (Å²) in [6.45, 7) is 8.73. The summed E-state index contributed by atoms with van der Waals surface area (Å²) in [5.41, 5.74) is 0.280. The Bertz CT molecular complexity index is 541. The summed E-state index contributed by atoms with van der Waals surface area (Å²) in [5, 5.41) is 15.3. The number of rotatable bonds is 3. The predicted octanol–water partition coefficient (Wildman–Crippen LogP) is 1.16. The average Bonchev–Trinajstić information content (AvgIpc) is 2.86. The zero-order valence-electron chi connectivity index (χ0n) is 13.1. The van der Waals surface area contributed by atoms with Crippen molar-refractivity contribution in [1.29, 1.82) is 0 Å². The van der Waals surface area contributed by atoms with E-state index in [9.17, 15) is 9.59 Å². The van der Waals surface area contributed by atoms with Crippen molar-refractivity contribution < 1.29 is 19.4 Å². The van der Waals surface area contributed by atoms with Crippen LogP contribution in [0, 0.1) is 0 Å². The lowest BCUT2D eigenvalue weighted by molar-refractivity contribution is 0.0138. The Morgan fingerprint density at radius 2 is 1.95 bits per heavy atom. The van der Waals surface area contributed by atoms with Crippen molar-refractivity contribution in [2.45, 2.75) is 32.9 Å². The van der Waals surface area contributed by atoms with E-state index in [-0.39, 0.29) is 11.8 Å². The minimum Gasteiger partial charge on any atom is -0.476 e. The normalized spacial score (nSPS) is 16.6. The third kappa shape index (κ3) is 4.45. The molecule has 0 spiro atoms. The molecule has 0 bridgehead atoms. The van der Waals surface area contributed by atoms with Gasteiger partial charge in [0.1, 0.15) is 5.60 Å². The van der Waals surface area contributed by atoms with Crippen LogP contribution >= 0.6 is 0 Å². The standard InChI is InChI=1S/C14H22N4O4/c1-14(2,3)22-13(21)18-6-4-17(5-7-18)9-10-8-11(12(19)20)16-15-10/h8H,4-7,9H2,1-3H3,(H,15,16)(H,19,20). The fourth-order valence-electron chi connectivity index (χ4n) is 2.21. The molecule has 0 saturated carbocycles. The van der Waals surface area contributed by atoms with Crippen LogP contribution in [-0.2, 0) is 11.3 Å². The first-order valence-corrected chi connectivity index (χ1v) is 7.22. The van der Waals surface area contributed by atoms with Gasteiger partial charge >= 0.3 is 12.1 Å². The highest BCUT2D eigenvalue weighted by Gasteiger charge is 2.26. The van der Waals surface area contributed by atoms with Gasteiger partial charge in [0, 0.05) is 32.7 Å². The highest BCUT2D eigenvalue weighted by Crippen LogP contribution is 2.13. The Kier molecular flexibility index (Phi) is 4.70. The van der Waals surface area contributed by atoms with E-state index in [4.69, 9.17) is 9.84 Å². The maximum absolute atomic E-state index is 12.0. The number of hydrogen-bond acceptors (Lipinski definition) is 5. The second-order valence-electron chi connectivity index (χ2n) is 6.33. The highest BCUT2D eigenvalue weighted by atomic mass is 16.6. The first kappa shape index (κ1) is 16.3. The van der Waals surface area contributed by atoms with E-state index >= 15 is 0 Å². The van der Waals surface area contributed by atoms with Crippen LogP contribution in [0.2, 0.25) is 0 Å². The van der Waals surface area contributed by atoms with Gasteiger partial charge in [0.05, 0.1) is 5.69 Å². The molecule has 2 heterocycles. The number of carbonyl (C=O) groups excluding carboxylic acids is 1. The van der Waals surface area contributed by atoms with Crippen molar-refractivity contribution in [2.75, 3.05) is 26.2 Å². The molecule has 1 amide bonds. The molecule has 1 fully saturated rings. The predicted molar refractivity (Wildman–Crippen MR) is 78.6 cm³/mol. The maximum Gasteiger partial charge on any atom is 0.410 e. The molecule has 1 aromatic heterocycles. The first-order chi connectivity index (χ1) is 10.2. The number of nitrogens with one attached hydrogen (secondary N) is 1. The van der Waals surface area contributed by atoms with E-state index in [1.807, 2.05) is 20.8 Å². The number of ether oxygens (including phenoxy) is 1. The van der Waals surface area contributed by atoms with Gasteiger partial charge < -0.3 is 14.7 Å². The van der Waals surface area contributed by atoms with Gasteiger partial charge in [-0.15, -0.1) is 0 Å². The van der Waals surface area contributed by atoms with Crippen LogP contribution in [0.1, 0.15) is 37.0 Å². The number of H-pyrrole nitrogens is 1. The zero-order valence-corrected chi connectivity index (χ0v) is 13.1. The first-order valence-electron chi connectivity index (χ1n) is 7.22. The number of aromatic carboxylic acids is 1. The second kappa shape index (κ2) is 6.35. The fourth-order valence-corrected chi connectivity index (χ4v) is 2.21. The molecule has 0 aliphatic carbocycles. The second-order valence-corrected chi connectivity index (χ2v) is 6.33. The maximum atomic E-state index is 12.0. The molecule has 0 radical (unpaired) electrons. The quantitative estimate of drug-likeness (QED) is 0.869. The van der Waals surface area contributed by atoms with Crippen LogP contribution in [0.15, 0.2) is 6.07 Å². The number of hydrogen-bond donors (Lipinski definition) is 2. The highest BCUT2D eigenvalue weighted by molar-refractivity contribution is 5.85. The minimum atomic E-state index is -1.04. The molecule has 1 saturated heterocycles. The van der Waals surface area contributed by atoms with Crippen molar-refractivity contribution in [3.8, 4) is 0 Å². The van der Waals surface area contributed by atoms with Gasteiger partial charge in [-0.05, 0) is 26.8 Å². The van der Waals surface area contributed by atoms with Gasteiger partial charge in [0.25, 0.3) is 0 Å². The Balaban J connectivity index is 1.81. The van der Waals surface area contributed by atoms with Crippen molar-refractivity contribution in [1.82, 2.24) is 20.0 Å². The van der Waals surface area contributed by atoms with Gasteiger partial charge in [-0.25, -0.2) is 9.59 Å². The molecule has 0 atom stereocenters. The van der Waals surface area contributed by atoms with E-state index in [1.165, 1.54) is 6.07 Å². The molecule has 122 valence electrons.